The zero-order valence-corrected chi connectivity index (χ0v) is 16.4. The van der Waals surface area contributed by atoms with E-state index in [1.807, 2.05) is 41.8 Å². The molecule has 0 fully saturated rings. The fraction of sp³-hybridized carbons (Fsp3) is 0.250. The molecule has 138 valence electrons. The van der Waals surface area contributed by atoms with Crippen LogP contribution in [0.15, 0.2) is 54.2 Å². The molecule has 3 aromatic rings. The molecule has 2 heterocycles. The summed E-state index contributed by atoms with van der Waals surface area (Å²) in [7, 11) is 3.75. The van der Waals surface area contributed by atoms with Gasteiger partial charge in [0.15, 0.2) is 5.13 Å². The Balaban J connectivity index is 1.80. The van der Waals surface area contributed by atoms with Crippen molar-refractivity contribution in [2.45, 2.75) is 19.2 Å². The van der Waals surface area contributed by atoms with Crippen LogP contribution < -0.4 is 9.64 Å². The average molecular weight is 379 g/mol. The van der Waals surface area contributed by atoms with Crippen LogP contribution >= 0.6 is 11.3 Å². The Morgan fingerprint density at radius 2 is 2.07 bits per heavy atom. The van der Waals surface area contributed by atoms with Gasteiger partial charge in [-0.25, -0.2) is 4.98 Å². The Hall–Kier alpha value is -2.67. The molecule has 0 spiro atoms. The van der Waals surface area contributed by atoms with Gasteiger partial charge in [-0.15, -0.1) is 11.3 Å². The fourth-order valence-electron chi connectivity index (χ4n) is 2.74. The maximum absolute atomic E-state index is 13.0. The summed E-state index contributed by atoms with van der Waals surface area (Å²) < 4.78 is 5.26. The first kappa shape index (κ1) is 19.1. The molecule has 0 aliphatic carbocycles. The molecule has 27 heavy (non-hydrogen) atoms. The number of hydrogen-bond donors (Lipinski definition) is 0. The molecule has 2 aromatic heterocycles. The molecule has 7 heteroatoms. The highest BCUT2D eigenvalue weighted by molar-refractivity contribution is 7.14. The molecule has 0 bridgehead atoms. The Labute approximate surface area is 164 Å². The Morgan fingerprint density at radius 1 is 1.26 bits per heavy atom. The SMILES string of the molecule is BCCCN(C(=O)Cc1cccc(OC)c1)c1nc(-c2ccncc2)cs1. The number of rotatable bonds is 8. The van der Waals surface area contributed by atoms with Crippen molar-refractivity contribution in [2.24, 2.45) is 0 Å². The number of nitrogens with zero attached hydrogens (tertiary/aromatic N) is 3. The van der Waals surface area contributed by atoms with Gasteiger partial charge < -0.3 is 4.74 Å². The number of amides is 1. The Bertz CT molecular complexity index is 886. The molecule has 0 atom stereocenters. The third-order valence-corrected chi connectivity index (χ3v) is 5.09. The van der Waals surface area contributed by atoms with Crippen LogP contribution in [0.3, 0.4) is 0 Å². The molecule has 0 N–H and O–H groups in total. The minimum Gasteiger partial charge on any atom is -0.497 e. The van der Waals surface area contributed by atoms with Gasteiger partial charge in [0.05, 0.1) is 19.2 Å². The zero-order valence-electron chi connectivity index (χ0n) is 15.6. The van der Waals surface area contributed by atoms with Crippen molar-refractivity contribution >= 4 is 30.2 Å². The summed E-state index contributed by atoms with van der Waals surface area (Å²) in [6.45, 7) is 0.669. The maximum atomic E-state index is 13.0. The zero-order chi connectivity index (χ0) is 19.1. The number of anilines is 1. The number of ether oxygens (including phenoxy) is 1. The summed E-state index contributed by atoms with van der Waals surface area (Å²) in [5.74, 6) is 0.807. The molecule has 0 saturated heterocycles. The fourth-order valence-corrected chi connectivity index (χ4v) is 3.62. The second kappa shape index (κ2) is 9.32. The van der Waals surface area contributed by atoms with E-state index in [0.29, 0.717) is 13.0 Å². The summed E-state index contributed by atoms with van der Waals surface area (Å²) in [5, 5.41) is 2.73. The highest BCUT2D eigenvalue weighted by Crippen LogP contribution is 2.28. The lowest BCUT2D eigenvalue weighted by Crippen LogP contribution is -2.33. The molecule has 5 nitrogen and oxygen atoms in total. The first-order valence-corrected chi connectivity index (χ1v) is 9.88. The number of carbonyl (C=O) groups is 1. The number of benzene rings is 1. The van der Waals surface area contributed by atoms with Crippen molar-refractivity contribution in [3.8, 4) is 17.0 Å². The smallest absolute Gasteiger partial charge is 0.233 e. The number of methoxy groups -OCH3 is 1. The molecule has 0 radical (unpaired) electrons. The quantitative estimate of drug-likeness (QED) is 0.564. The van der Waals surface area contributed by atoms with Crippen molar-refractivity contribution in [1.82, 2.24) is 9.97 Å². The standard InChI is InChI=1S/C20H22BN3O2S/c1-26-17-5-2-4-15(12-17)13-19(25)24(11-3-8-21)20-23-18(14-27-20)16-6-9-22-10-7-16/h2,4-7,9-10,12,14H,3,8,11,13,21H2,1H3. The third kappa shape index (κ3) is 4.95. The second-order valence-corrected chi connectivity index (χ2v) is 7.01. The third-order valence-electron chi connectivity index (χ3n) is 4.22. The van der Waals surface area contributed by atoms with Crippen LogP contribution in [0.25, 0.3) is 11.3 Å². The average Bonchev–Trinajstić information content (AvgIpc) is 3.19. The molecule has 1 aromatic carbocycles. The van der Waals surface area contributed by atoms with Crippen LogP contribution in [0.2, 0.25) is 6.32 Å². The largest absolute Gasteiger partial charge is 0.497 e. The van der Waals surface area contributed by atoms with Gasteiger partial charge in [-0.1, -0.05) is 18.5 Å². The van der Waals surface area contributed by atoms with E-state index in [1.54, 1.807) is 24.4 Å². The van der Waals surface area contributed by atoms with E-state index in [-0.39, 0.29) is 5.91 Å². The first-order chi connectivity index (χ1) is 13.2. The summed E-state index contributed by atoms with van der Waals surface area (Å²) in [5.41, 5.74) is 2.81. The molecule has 3 rings (SSSR count). The van der Waals surface area contributed by atoms with Gasteiger partial charge >= 0.3 is 0 Å². The minimum atomic E-state index is 0.0485. The van der Waals surface area contributed by atoms with Crippen LogP contribution in [0, 0.1) is 0 Å². The monoisotopic (exact) mass is 379 g/mol. The van der Waals surface area contributed by atoms with Gasteiger partial charge in [-0.05, 0) is 36.2 Å². The van der Waals surface area contributed by atoms with Gasteiger partial charge in [0.2, 0.25) is 5.91 Å². The summed E-state index contributed by atoms with van der Waals surface area (Å²) >= 11 is 1.50. The van der Waals surface area contributed by atoms with E-state index in [9.17, 15) is 4.79 Å². The van der Waals surface area contributed by atoms with Crippen LogP contribution in [0.5, 0.6) is 5.75 Å². The Morgan fingerprint density at radius 3 is 2.81 bits per heavy atom. The van der Waals surface area contributed by atoms with E-state index < -0.39 is 0 Å². The highest BCUT2D eigenvalue weighted by Gasteiger charge is 2.19. The van der Waals surface area contributed by atoms with Crippen molar-refractivity contribution in [2.75, 3.05) is 18.6 Å². The number of carbonyl (C=O) groups excluding carboxylic acids is 1. The van der Waals surface area contributed by atoms with Crippen molar-refractivity contribution in [1.29, 1.82) is 0 Å². The second-order valence-electron chi connectivity index (χ2n) is 6.18. The number of hydrogen-bond acceptors (Lipinski definition) is 5. The number of pyridine rings is 1. The van der Waals surface area contributed by atoms with Gasteiger partial charge in [0, 0.05) is 29.9 Å². The van der Waals surface area contributed by atoms with E-state index in [1.165, 1.54) is 11.3 Å². The lowest BCUT2D eigenvalue weighted by Gasteiger charge is -2.20. The van der Waals surface area contributed by atoms with Gasteiger partial charge in [0.1, 0.15) is 13.6 Å². The van der Waals surface area contributed by atoms with E-state index in [2.05, 4.69) is 12.8 Å². The van der Waals surface area contributed by atoms with Crippen molar-refractivity contribution in [3.05, 3.63) is 59.7 Å². The van der Waals surface area contributed by atoms with Gasteiger partial charge in [-0.3, -0.25) is 14.7 Å². The lowest BCUT2D eigenvalue weighted by atomic mass is 10.0. The van der Waals surface area contributed by atoms with Crippen LogP contribution in [-0.2, 0) is 11.2 Å². The van der Waals surface area contributed by atoms with Crippen molar-refractivity contribution in [3.63, 3.8) is 0 Å². The molecule has 0 unspecified atom stereocenters. The maximum Gasteiger partial charge on any atom is 0.233 e. The predicted molar refractivity (Wildman–Crippen MR) is 112 cm³/mol. The van der Waals surface area contributed by atoms with E-state index in [0.717, 1.165) is 40.4 Å². The van der Waals surface area contributed by atoms with Crippen LogP contribution in [0.1, 0.15) is 12.0 Å². The van der Waals surface area contributed by atoms with Gasteiger partial charge in [0.25, 0.3) is 0 Å². The summed E-state index contributed by atoms with van der Waals surface area (Å²) in [4.78, 5) is 23.6. The van der Waals surface area contributed by atoms with Crippen molar-refractivity contribution < 1.29 is 9.53 Å². The Kier molecular flexibility index (Phi) is 6.60. The molecule has 0 aliphatic heterocycles. The normalized spacial score (nSPS) is 10.6. The molecule has 1 amide bonds. The predicted octanol–water partition coefficient (Wildman–Crippen LogP) is 3.23. The first-order valence-electron chi connectivity index (χ1n) is 9.00. The molecular formula is C20H22BN3O2S. The summed E-state index contributed by atoms with van der Waals surface area (Å²) in [6.07, 6.45) is 5.78. The highest BCUT2D eigenvalue weighted by atomic mass is 32.1. The van der Waals surface area contributed by atoms with E-state index in [4.69, 9.17) is 9.72 Å². The molecular weight excluding hydrogens is 357 g/mol. The van der Waals surface area contributed by atoms with E-state index >= 15 is 0 Å². The molecule has 0 saturated carbocycles. The topological polar surface area (TPSA) is 55.3 Å². The van der Waals surface area contributed by atoms with Crippen LogP contribution in [0.4, 0.5) is 5.13 Å². The van der Waals surface area contributed by atoms with Crippen LogP contribution in [-0.4, -0.2) is 37.4 Å². The number of aromatic nitrogens is 2. The number of thiazole rings is 1. The summed E-state index contributed by atoms with van der Waals surface area (Å²) in [6, 6.07) is 11.5. The van der Waals surface area contributed by atoms with Gasteiger partial charge in [-0.2, -0.15) is 0 Å². The minimum absolute atomic E-state index is 0.0485. The molecule has 0 aliphatic rings. The lowest BCUT2D eigenvalue weighted by molar-refractivity contribution is -0.118.